The van der Waals surface area contributed by atoms with Crippen molar-refractivity contribution in [1.29, 1.82) is 0 Å². The van der Waals surface area contributed by atoms with Crippen LogP contribution in [0.1, 0.15) is 37.9 Å². The van der Waals surface area contributed by atoms with E-state index in [2.05, 4.69) is 5.32 Å². The molecule has 138 valence electrons. The van der Waals surface area contributed by atoms with Gasteiger partial charge in [-0.3, -0.25) is 9.59 Å². The second kappa shape index (κ2) is 8.56. The highest BCUT2D eigenvalue weighted by molar-refractivity contribution is 6.30. The Balaban J connectivity index is 2.37. The van der Waals surface area contributed by atoms with E-state index in [-0.39, 0.29) is 12.5 Å². The van der Waals surface area contributed by atoms with Gasteiger partial charge in [-0.2, -0.15) is 0 Å². The molecule has 0 aliphatic carbocycles. The molecular weight excluding hydrogens is 371 g/mol. The number of halogens is 2. The van der Waals surface area contributed by atoms with Crippen LogP contribution in [0.25, 0.3) is 0 Å². The summed E-state index contributed by atoms with van der Waals surface area (Å²) < 4.78 is 0. The monoisotopic (exact) mass is 392 g/mol. The summed E-state index contributed by atoms with van der Waals surface area (Å²) in [5.41, 5.74) is 1.10. The third-order valence-corrected chi connectivity index (χ3v) is 4.14. The van der Waals surface area contributed by atoms with Crippen LogP contribution in [0.5, 0.6) is 0 Å². The van der Waals surface area contributed by atoms with E-state index in [4.69, 9.17) is 23.2 Å². The van der Waals surface area contributed by atoms with E-state index < -0.39 is 11.6 Å². The van der Waals surface area contributed by atoms with E-state index >= 15 is 0 Å². The average molecular weight is 393 g/mol. The standard InChI is InChI=1S/C20H22Cl2N2O2/c1-20(2,3)23-19(26)18(15-5-4-6-17(22)11-15)24(13-25)12-14-7-9-16(21)10-8-14/h4-11,13,18H,12H2,1-3H3,(H,23,26). The number of nitrogens with zero attached hydrogens (tertiary/aromatic N) is 1. The molecule has 2 aromatic rings. The maximum Gasteiger partial charge on any atom is 0.247 e. The molecule has 0 aliphatic heterocycles. The average Bonchev–Trinajstić information content (AvgIpc) is 2.54. The number of hydrogen-bond donors (Lipinski definition) is 1. The van der Waals surface area contributed by atoms with Crippen LogP contribution in [0.4, 0.5) is 0 Å². The summed E-state index contributed by atoms with van der Waals surface area (Å²) in [6, 6.07) is 13.4. The normalized spacial score (nSPS) is 12.3. The topological polar surface area (TPSA) is 49.4 Å². The fourth-order valence-corrected chi connectivity index (χ4v) is 2.92. The molecule has 0 aliphatic rings. The molecule has 2 rings (SSSR count). The number of carbonyl (C=O) groups excluding carboxylic acids is 2. The molecular formula is C20H22Cl2N2O2. The summed E-state index contributed by atoms with van der Waals surface area (Å²) in [7, 11) is 0. The Bertz CT molecular complexity index is 770. The van der Waals surface area contributed by atoms with E-state index in [9.17, 15) is 9.59 Å². The third kappa shape index (κ3) is 5.75. The highest BCUT2D eigenvalue weighted by Gasteiger charge is 2.29. The lowest BCUT2D eigenvalue weighted by atomic mass is 10.0. The van der Waals surface area contributed by atoms with Crippen LogP contribution >= 0.6 is 23.2 Å². The van der Waals surface area contributed by atoms with Crippen LogP contribution in [-0.4, -0.2) is 22.8 Å². The van der Waals surface area contributed by atoms with Crippen molar-refractivity contribution in [3.8, 4) is 0 Å². The number of rotatable bonds is 6. The molecule has 26 heavy (non-hydrogen) atoms. The van der Waals surface area contributed by atoms with Gasteiger partial charge in [0.2, 0.25) is 12.3 Å². The molecule has 0 heterocycles. The minimum atomic E-state index is -0.791. The molecule has 0 fully saturated rings. The molecule has 0 aromatic heterocycles. The van der Waals surface area contributed by atoms with E-state index in [1.165, 1.54) is 4.90 Å². The zero-order valence-corrected chi connectivity index (χ0v) is 16.5. The van der Waals surface area contributed by atoms with Crippen molar-refractivity contribution in [2.45, 2.75) is 38.9 Å². The number of amides is 2. The largest absolute Gasteiger partial charge is 0.349 e. The zero-order valence-electron chi connectivity index (χ0n) is 15.0. The lowest BCUT2D eigenvalue weighted by Gasteiger charge is -2.31. The van der Waals surface area contributed by atoms with Gasteiger partial charge in [0.05, 0.1) is 0 Å². The summed E-state index contributed by atoms with van der Waals surface area (Å²) in [6.45, 7) is 5.95. The van der Waals surface area contributed by atoms with Crippen LogP contribution in [0.2, 0.25) is 10.0 Å². The molecule has 0 radical (unpaired) electrons. The van der Waals surface area contributed by atoms with Crippen LogP contribution < -0.4 is 5.32 Å². The first-order valence-electron chi connectivity index (χ1n) is 8.22. The number of benzene rings is 2. The second-order valence-electron chi connectivity index (χ2n) is 7.10. The summed E-state index contributed by atoms with van der Waals surface area (Å²) in [6.07, 6.45) is 0.683. The Morgan fingerprint density at radius 2 is 1.77 bits per heavy atom. The van der Waals surface area contributed by atoms with E-state index in [1.807, 2.05) is 32.9 Å². The summed E-state index contributed by atoms with van der Waals surface area (Å²) in [5.74, 6) is -0.263. The Labute approximate surface area is 164 Å². The van der Waals surface area contributed by atoms with Crippen molar-refractivity contribution < 1.29 is 9.59 Å². The van der Waals surface area contributed by atoms with Gasteiger partial charge in [0.1, 0.15) is 6.04 Å². The molecule has 1 atom stereocenters. The van der Waals surface area contributed by atoms with Gasteiger partial charge in [-0.15, -0.1) is 0 Å². The highest BCUT2D eigenvalue weighted by Crippen LogP contribution is 2.25. The SMILES string of the molecule is CC(C)(C)NC(=O)C(c1cccc(Cl)c1)N(C=O)Cc1ccc(Cl)cc1. The van der Waals surface area contributed by atoms with Crippen molar-refractivity contribution in [2.24, 2.45) is 0 Å². The molecule has 1 N–H and O–H groups in total. The molecule has 4 nitrogen and oxygen atoms in total. The molecule has 2 aromatic carbocycles. The molecule has 0 spiro atoms. The molecule has 0 bridgehead atoms. The molecule has 2 amide bonds. The molecule has 0 saturated carbocycles. The maximum atomic E-state index is 12.9. The van der Waals surface area contributed by atoms with Crippen molar-refractivity contribution in [2.75, 3.05) is 0 Å². The van der Waals surface area contributed by atoms with E-state index in [0.717, 1.165) is 5.56 Å². The van der Waals surface area contributed by atoms with Gasteiger partial charge in [-0.1, -0.05) is 47.5 Å². The van der Waals surface area contributed by atoms with Gasteiger partial charge in [-0.05, 0) is 56.2 Å². The van der Waals surface area contributed by atoms with Crippen LogP contribution in [-0.2, 0) is 16.1 Å². The van der Waals surface area contributed by atoms with Gasteiger partial charge < -0.3 is 10.2 Å². The van der Waals surface area contributed by atoms with Gasteiger partial charge >= 0.3 is 0 Å². The first-order valence-corrected chi connectivity index (χ1v) is 8.98. The van der Waals surface area contributed by atoms with Gasteiger partial charge in [-0.25, -0.2) is 0 Å². The lowest BCUT2D eigenvalue weighted by molar-refractivity contribution is -0.134. The molecule has 0 saturated heterocycles. The minimum absolute atomic E-state index is 0.263. The first-order chi connectivity index (χ1) is 12.2. The quantitative estimate of drug-likeness (QED) is 0.729. The Kier molecular flexibility index (Phi) is 6.68. The van der Waals surface area contributed by atoms with Crippen LogP contribution in [0, 0.1) is 0 Å². The summed E-state index contributed by atoms with van der Waals surface area (Å²) >= 11 is 12.0. The summed E-state index contributed by atoms with van der Waals surface area (Å²) in [5, 5.41) is 4.07. The van der Waals surface area contributed by atoms with Gasteiger partial charge in [0.25, 0.3) is 0 Å². The van der Waals surface area contributed by atoms with Crippen molar-refractivity contribution in [3.05, 3.63) is 69.7 Å². The number of hydrogen-bond acceptors (Lipinski definition) is 2. The predicted molar refractivity (Wildman–Crippen MR) is 105 cm³/mol. The Hall–Kier alpha value is -2.04. The van der Waals surface area contributed by atoms with E-state index in [1.54, 1.807) is 36.4 Å². The van der Waals surface area contributed by atoms with Crippen molar-refractivity contribution >= 4 is 35.5 Å². The maximum absolute atomic E-state index is 12.9. The van der Waals surface area contributed by atoms with Crippen LogP contribution in [0.3, 0.4) is 0 Å². The van der Waals surface area contributed by atoms with Gasteiger partial charge in [0.15, 0.2) is 0 Å². The third-order valence-electron chi connectivity index (χ3n) is 3.66. The fraction of sp³-hybridized carbons (Fsp3) is 0.300. The fourth-order valence-electron chi connectivity index (χ4n) is 2.60. The van der Waals surface area contributed by atoms with Gasteiger partial charge in [0, 0.05) is 22.1 Å². The number of carbonyl (C=O) groups is 2. The molecule has 6 heteroatoms. The van der Waals surface area contributed by atoms with Crippen molar-refractivity contribution in [1.82, 2.24) is 10.2 Å². The second-order valence-corrected chi connectivity index (χ2v) is 7.97. The molecule has 1 unspecified atom stereocenters. The van der Waals surface area contributed by atoms with Crippen molar-refractivity contribution in [3.63, 3.8) is 0 Å². The smallest absolute Gasteiger partial charge is 0.247 e. The summed E-state index contributed by atoms with van der Waals surface area (Å²) in [4.78, 5) is 26.2. The van der Waals surface area contributed by atoms with Crippen LogP contribution in [0.15, 0.2) is 48.5 Å². The first kappa shape index (κ1) is 20.3. The zero-order chi connectivity index (χ0) is 19.3. The Morgan fingerprint density at radius 3 is 2.31 bits per heavy atom. The highest BCUT2D eigenvalue weighted by atomic mass is 35.5. The predicted octanol–water partition coefficient (Wildman–Crippen LogP) is 4.61. The Morgan fingerprint density at radius 1 is 1.12 bits per heavy atom. The minimum Gasteiger partial charge on any atom is -0.349 e. The number of nitrogens with one attached hydrogen (secondary N) is 1. The lowest BCUT2D eigenvalue weighted by Crippen LogP contribution is -2.47. The van der Waals surface area contributed by atoms with E-state index in [0.29, 0.717) is 22.0 Å².